The highest BCUT2D eigenvalue weighted by Gasteiger charge is 2.23. The zero-order valence-electron chi connectivity index (χ0n) is 12.8. The summed E-state index contributed by atoms with van der Waals surface area (Å²) in [6.45, 7) is 6.29. The van der Waals surface area contributed by atoms with Gasteiger partial charge in [-0.25, -0.2) is 14.6 Å². The first kappa shape index (κ1) is 15.0. The van der Waals surface area contributed by atoms with Crippen molar-refractivity contribution in [2.24, 2.45) is 0 Å². The highest BCUT2D eigenvalue weighted by atomic mass is 79.9. The van der Waals surface area contributed by atoms with Crippen LogP contribution in [0.4, 0.5) is 5.82 Å². The standard InChI is InChI=1S/C16H18BrN5/c1-16(2,3)22-15-13(14(18)19-9-20-15)12(21-22)8-10-5-4-6-11(17)7-10/h4-7,9H,8H2,1-3H3,(H2,18,19,20). The van der Waals surface area contributed by atoms with Gasteiger partial charge in [-0.3, -0.25) is 0 Å². The van der Waals surface area contributed by atoms with Gasteiger partial charge < -0.3 is 5.73 Å². The second-order valence-electron chi connectivity index (χ2n) is 6.29. The Morgan fingerprint density at radius 2 is 2.00 bits per heavy atom. The number of rotatable bonds is 2. The van der Waals surface area contributed by atoms with Crippen LogP contribution in [0.25, 0.3) is 11.0 Å². The third-order valence-electron chi connectivity index (χ3n) is 3.46. The van der Waals surface area contributed by atoms with Gasteiger partial charge >= 0.3 is 0 Å². The van der Waals surface area contributed by atoms with Crippen LogP contribution in [0.2, 0.25) is 0 Å². The van der Waals surface area contributed by atoms with Gasteiger partial charge in [0, 0.05) is 10.9 Å². The van der Waals surface area contributed by atoms with Crippen LogP contribution >= 0.6 is 15.9 Å². The number of hydrogen-bond acceptors (Lipinski definition) is 4. The van der Waals surface area contributed by atoms with Crippen LogP contribution in [0, 0.1) is 0 Å². The molecule has 3 rings (SSSR count). The highest BCUT2D eigenvalue weighted by Crippen LogP contribution is 2.28. The Labute approximate surface area is 137 Å². The molecule has 0 saturated carbocycles. The average Bonchev–Trinajstić information content (AvgIpc) is 2.79. The Kier molecular flexibility index (Phi) is 3.64. The predicted octanol–water partition coefficient (Wildman–Crippen LogP) is 3.52. The number of anilines is 1. The van der Waals surface area contributed by atoms with Gasteiger partial charge in [0.2, 0.25) is 0 Å². The molecular formula is C16H18BrN5. The van der Waals surface area contributed by atoms with Crippen LogP contribution in [0.5, 0.6) is 0 Å². The van der Waals surface area contributed by atoms with Crippen LogP contribution in [-0.4, -0.2) is 19.7 Å². The number of halogens is 1. The Hall–Kier alpha value is -1.95. The fourth-order valence-electron chi connectivity index (χ4n) is 2.48. The van der Waals surface area contributed by atoms with Crippen molar-refractivity contribution >= 4 is 32.8 Å². The fourth-order valence-corrected chi connectivity index (χ4v) is 2.92. The monoisotopic (exact) mass is 359 g/mol. The topological polar surface area (TPSA) is 69.6 Å². The number of nitrogens with zero attached hydrogens (tertiary/aromatic N) is 4. The van der Waals surface area contributed by atoms with Gasteiger partial charge in [0.1, 0.15) is 12.1 Å². The molecule has 3 aromatic rings. The fraction of sp³-hybridized carbons (Fsp3) is 0.312. The van der Waals surface area contributed by atoms with E-state index < -0.39 is 0 Å². The van der Waals surface area contributed by atoms with E-state index in [-0.39, 0.29) is 5.54 Å². The summed E-state index contributed by atoms with van der Waals surface area (Å²) >= 11 is 3.50. The van der Waals surface area contributed by atoms with E-state index >= 15 is 0 Å². The molecule has 0 aliphatic rings. The molecule has 0 fully saturated rings. The maximum Gasteiger partial charge on any atom is 0.164 e. The van der Waals surface area contributed by atoms with Gasteiger partial charge in [0.15, 0.2) is 5.65 Å². The van der Waals surface area contributed by atoms with Crippen molar-refractivity contribution < 1.29 is 0 Å². The maximum absolute atomic E-state index is 6.08. The van der Waals surface area contributed by atoms with Crippen molar-refractivity contribution in [1.82, 2.24) is 19.7 Å². The summed E-state index contributed by atoms with van der Waals surface area (Å²) in [6.07, 6.45) is 2.18. The van der Waals surface area contributed by atoms with Crippen LogP contribution in [0.1, 0.15) is 32.0 Å². The number of hydrogen-bond donors (Lipinski definition) is 1. The van der Waals surface area contributed by atoms with E-state index in [1.54, 1.807) is 0 Å². The van der Waals surface area contributed by atoms with E-state index in [4.69, 9.17) is 10.8 Å². The van der Waals surface area contributed by atoms with Crippen LogP contribution in [0.15, 0.2) is 35.1 Å². The minimum absolute atomic E-state index is 0.172. The Morgan fingerprint density at radius 3 is 2.68 bits per heavy atom. The molecule has 0 saturated heterocycles. The molecule has 0 bridgehead atoms. The molecule has 0 unspecified atom stereocenters. The zero-order chi connectivity index (χ0) is 15.9. The number of benzene rings is 1. The number of fused-ring (bicyclic) bond motifs is 1. The van der Waals surface area contributed by atoms with Gasteiger partial charge in [0.05, 0.1) is 16.6 Å². The molecular weight excluding hydrogens is 342 g/mol. The molecule has 0 atom stereocenters. The SMILES string of the molecule is CC(C)(C)n1nc(Cc2cccc(Br)c2)c2c(N)ncnc21. The largest absolute Gasteiger partial charge is 0.383 e. The zero-order valence-corrected chi connectivity index (χ0v) is 14.4. The van der Waals surface area contributed by atoms with E-state index in [2.05, 4.69) is 58.8 Å². The Morgan fingerprint density at radius 1 is 1.23 bits per heavy atom. The Balaban J connectivity index is 2.17. The molecule has 1 aromatic carbocycles. The molecule has 0 radical (unpaired) electrons. The molecule has 114 valence electrons. The molecule has 0 amide bonds. The number of nitrogen functional groups attached to an aromatic ring is 1. The summed E-state index contributed by atoms with van der Waals surface area (Å²) in [5, 5.41) is 5.61. The molecule has 22 heavy (non-hydrogen) atoms. The van der Waals surface area contributed by atoms with E-state index in [0.29, 0.717) is 12.2 Å². The first-order valence-corrected chi connectivity index (χ1v) is 7.88. The van der Waals surface area contributed by atoms with E-state index in [1.807, 2.05) is 16.8 Å². The van der Waals surface area contributed by atoms with Crippen molar-refractivity contribution in [2.75, 3.05) is 5.73 Å². The van der Waals surface area contributed by atoms with Crippen molar-refractivity contribution in [1.29, 1.82) is 0 Å². The minimum atomic E-state index is -0.172. The van der Waals surface area contributed by atoms with E-state index in [0.717, 1.165) is 26.8 Å². The smallest absolute Gasteiger partial charge is 0.164 e. The molecule has 2 heterocycles. The minimum Gasteiger partial charge on any atom is -0.383 e. The lowest BCUT2D eigenvalue weighted by atomic mass is 10.1. The number of nitrogens with two attached hydrogens (primary N) is 1. The Bertz CT molecular complexity index is 832. The highest BCUT2D eigenvalue weighted by molar-refractivity contribution is 9.10. The molecule has 5 nitrogen and oxygen atoms in total. The lowest BCUT2D eigenvalue weighted by molar-refractivity contribution is 0.363. The first-order valence-electron chi connectivity index (χ1n) is 7.09. The van der Waals surface area contributed by atoms with Gasteiger partial charge in [-0.15, -0.1) is 0 Å². The summed E-state index contributed by atoms with van der Waals surface area (Å²) < 4.78 is 2.97. The van der Waals surface area contributed by atoms with Gasteiger partial charge in [0.25, 0.3) is 0 Å². The van der Waals surface area contributed by atoms with E-state index in [9.17, 15) is 0 Å². The summed E-state index contributed by atoms with van der Waals surface area (Å²) in [4.78, 5) is 8.51. The van der Waals surface area contributed by atoms with E-state index in [1.165, 1.54) is 6.33 Å². The molecule has 0 aliphatic heterocycles. The molecule has 6 heteroatoms. The summed E-state index contributed by atoms with van der Waals surface area (Å²) in [7, 11) is 0. The van der Waals surface area contributed by atoms with Crippen LogP contribution in [-0.2, 0) is 12.0 Å². The molecule has 2 N–H and O–H groups in total. The van der Waals surface area contributed by atoms with Crippen LogP contribution < -0.4 is 5.73 Å². The third kappa shape index (κ3) is 2.70. The van der Waals surface area contributed by atoms with Crippen molar-refractivity contribution in [3.63, 3.8) is 0 Å². The number of aromatic nitrogens is 4. The molecule has 0 aliphatic carbocycles. The summed E-state index contributed by atoms with van der Waals surface area (Å²) in [5.41, 5.74) is 8.76. The third-order valence-corrected chi connectivity index (χ3v) is 3.96. The normalized spacial score (nSPS) is 12.0. The predicted molar refractivity (Wildman–Crippen MR) is 91.7 cm³/mol. The lowest BCUT2D eigenvalue weighted by Crippen LogP contribution is -2.23. The second-order valence-corrected chi connectivity index (χ2v) is 7.21. The molecule has 2 aromatic heterocycles. The van der Waals surface area contributed by atoms with Gasteiger partial charge in [-0.1, -0.05) is 28.1 Å². The summed E-state index contributed by atoms with van der Waals surface area (Å²) in [6, 6.07) is 8.18. The lowest BCUT2D eigenvalue weighted by Gasteiger charge is -2.19. The van der Waals surface area contributed by atoms with Crippen LogP contribution in [0.3, 0.4) is 0 Å². The van der Waals surface area contributed by atoms with Gasteiger partial charge in [-0.2, -0.15) is 5.10 Å². The molecule has 0 spiro atoms. The quantitative estimate of drug-likeness (QED) is 0.759. The van der Waals surface area contributed by atoms with Crippen molar-refractivity contribution in [3.8, 4) is 0 Å². The summed E-state index contributed by atoms with van der Waals surface area (Å²) in [5.74, 6) is 0.477. The van der Waals surface area contributed by atoms with Crippen molar-refractivity contribution in [2.45, 2.75) is 32.7 Å². The first-order chi connectivity index (χ1) is 10.4. The van der Waals surface area contributed by atoms with Gasteiger partial charge in [-0.05, 0) is 38.5 Å². The average molecular weight is 360 g/mol. The van der Waals surface area contributed by atoms with Crippen molar-refractivity contribution in [3.05, 3.63) is 46.3 Å². The maximum atomic E-state index is 6.08. The second kappa shape index (κ2) is 5.35.